The summed E-state index contributed by atoms with van der Waals surface area (Å²) in [4.78, 5) is 24.0. The highest BCUT2D eigenvalue weighted by Crippen LogP contribution is 2.23. The average Bonchev–Trinajstić information content (AvgIpc) is 2.63. The average molecular weight is 320 g/mol. The summed E-state index contributed by atoms with van der Waals surface area (Å²) in [7, 11) is 0. The molecule has 0 atom stereocenters. The SMILES string of the molecule is O=C(O)CCNc1cc(-c2ccccc2)nc(-c2ccccn2)n1. The molecule has 0 bridgehead atoms. The first-order chi connectivity index (χ1) is 11.7. The van der Waals surface area contributed by atoms with Crippen molar-refractivity contribution in [1.82, 2.24) is 15.0 Å². The lowest BCUT2D eigenvalue weighted by molar-refractivity contribution is -0.136. The third kappa shape index (κ3) is 3.92. The minimum atomic E-state index is -0.857. The molecule has 0 unspecified atom stereocenters. The minimum absolute atomic E-state index is 0.0175. The second kappa shape index (κ2) is 7.32. The molecule has 2 aromatic heterocycles. The number of carboxylic acid groups (broad SMARTS) is 1. The number of hydrogen-bond acceptors (Lipinski definition) is 5. The van der Waals surface area contributed by atoms with E-state index in [-0.39, 0.29) is 6.42 Å². The lowest BCUT2D eigenvalue weighted by atomic mass is 10.1. The van der Waals surface area contributed by atoms with E-state index >= 15 is 0 Å². The number of hydrogen-bond donors (Lipinski definition) is 2. The number of nitrogens with one attached hydrogen (secondary N) is 1. The van der Waals surface area contributed by atoms with Crippen molar-refractivity contribution in [3.63, 3.8) is 0 Å². The van der Waals surface area contributed by atoms with Gasteiger partial charge >= 0.3 is 5.97 Å². The number of rotatable bonds is 6. The Hall–Kier alpha value is -3.28. The Morgan fingerprint density at radius 3 is 2.50 bits per heavy atom. The zero-order chi connectivity index (χ0) is 16.8. The first-order valence-electron chi connectivity index (χ1n) is 7.54. The van der Waals surface area contributed by atoms with Crippen LogP contribution in [0.5, 0.6) is 0 Å². The molecule has 0 saturated heterocycles. The highest BCUT2D eigenvalue weighted by molar-refractivity contribution is 5.68. The van der Waals surface area contributed by atoms with E-state index in [1.165, 1.54) is 0 Å². The molecule has 0 aliphatic carbocycles. The van der Waals surface area contributed by atoms with E-state index < -0.39 is 5.97 Å². The molecule has 120 valence electrons. The quantitative estimate of drug-likeness (QED) is 0.725. The second-order valence-electron chi connectivity index (χ2n) is 5.11. The molecule has 0 aliphatic rings. The third-order valence-electron chi connectivity index (χ3n) is 3.33. The zero-order valence-electron chi connectivity index (χ0n) is 12.9. The number of anilines is 1. The van der Waals surface area contributed by atoms with Crippen LogP contribution >= 0.6 is 0 Å². The number of aliphatic carboxylic acids is 1. The molecule has 0 radical (unpaired) electrons. The van der Waals surface area contributed by atoms with Gasteiger partial charge in [-0.05, 0) is 12.1 Å². The molecule has 0 fully saturated rings. The van der Waals surface area contributed by atoms with Crippen LogP contribution in [0.25, 0.3) is 22.8 Å². The van der Waals surface area contributed by atoms with Crippen molar-refractivity contribution in [1.29, 1.82) is 0 Å². The van der Waals surface area contributed by atoms with Crippen LogP contribution in [0.15, 0.2) is 60.8 Å². The zero-order valence-corrected chi connectivity index (χ0v) is 12.9. The van der Waals surface area contributed by atoms with E-state index in [0.717, 1.165) is 11.3 Å². The van der Waals surface area contributed by atoms with Gasteiger partial charge in [0.2, 0.25) is 0 Å². The van der Waals surface area contributed by atoms with Crippen LogP contribution in [0.2, 0.25) is 0 Å². The van der Waals surface area contributed by atoms with E-state index in [2.05, 4.69) is 20.3 Å². The summed E-state index contributed by atoms with van der Waals surface area (Å²) in [6.07, 6.45) is 1.70. The van der Waals surface area contributed by atoms with E-state index in [9.17, 15) is 4.79 Å². The van der Waals surface area contributed by atoms with Crippen molar-refractivity contribution < 1.29 is 9.90 Å². The molecule has 0 amide bonds. The molecule has 2 N–H and O–H groups in total. The maximum Gasteiger partial charge on any atom is 0.305 e. The van der Waals surface area contributed by atoms with Crippen LogP contribution in [0.1, 0.15) is 6.42 Å². The fraction of sp³-hybridized carbons (Fsp3) is 0.111. The highest BCUT2D eigenvalue weighted by Gasteiger charge is 2.09. The molecule has 0 spiro atoms. The van der Waals surface area contributed by atoms with Crippen LogP contribution in [-0.2, 0) is 4.79 Å². The summed E-state index contributed by atoms with van der Waals surface area (Å²) in [6.45, 7) is 0.294. The van der Waals surface area contributed by atoms with Gasteiger partial charge in [0, 0.05) is 24.4 Å². The summed E-state index contributed by atoms with van der Waals surface area (Å²) in [5.41, 5.74) is 2.37. The summed E-state index contributed by atoms with van der Waals surface area (Å²) in [5, 5.41) is 11.8. The molecular weight excluding hydrogens is 304 g/mol. The lowest BCUT2D eigenvalue weighted by Gasteiger charge is -2.09. The van der Waals surface area contributed by atoms with Crippen LogP contribution < -0.4 is 5.32 Å². The smallest absolute Gasteiger partial charge is 0.305 e. The monoisotopic (exact) mass is 320 g/mol. The summed E-state index contributed by atoms with van der Waals surface area (Å²) < 4.78 is 0. The molecular formula is C18H16N4O2. The van der Waals surface area contributed by atoms with Gasteiger partial charge in [-0.15, -0.1) is 0 Å². The van der Waals surface area contributed by atoms with Crippen LogP contribution in [0.3, 0.4) is 0 Å². The van der Waals surface area contributed by atoms with Gasteiger partial charge in [0.05, 0.1) is 12.1 Å². The number of pyridine rings is 1. The normalized spacial score (nSPS) is 10.3. The Balaban J connectivity index is 1.98. The Kier molecular flexibility index (Phi) is 4.76. The fourth-order valence-corrected chi connectivity index (χ4v) is 2.20. The number of benzene rings is 1. The molecule has 0 aliphatic heterocycles. The van der Waals surface area contributed by atoms with Crippen molar-refractivity contribution in [2.45, 2.75) is 6.42 Å². The Morgan fingerprint density at radius 1 is 1.00 bits per heavy atom. The van der Waals surface area contributed by atoms with Crippen LogP contribution in [0, 0.1) is 0 Å². The van der Waals surface area contributed by atoms with Gasteiger partial charge in [0.25, 0.3) is 0 Å². The molecule has 6 heteroatoms. The Labute approximate surface area is 139 Å². The molecule has 0 saturated carbocycles. The van der Waals surface area contributed by atoms with E-state index in [4.69, 9.17) is 5.11 Å². The molecule has 6 nitrogen and oxygen atoms in total. The summed E-state index contributed by atoms with van der Waals surface area (Å²) >= 11 is 0. The molecule has 1 aromatic carbocycles. The van der Waals surface area contributed by atoms with Crippen molar-refractivity contribution in [3.05, 3.63) is 60.8 Å². The molecule has 3 aromatic rings. The summed E-state index contributed by atoms with van der Waals surface area (Å²) in [6, 6.07) is 17.1. The van der Waals surface area contributed by atoms with E-state index in [0.29, 0.717) is 23.9 Å². The molecule has 2 heterocycles. The minimum Gasteiger partial charge on any atom is -0.481 e. The van der Waals surface area contributed by atoms with Crippen molar-refractivity contribution >= 4 is 11.8 Å². The van der Waals surface area contributed by atoms with Gasteiger partial charge in [-0.3, -0.25) is 9.78 Å². The van der Waals surface area contributed by atoms with Gasteiger partial charge in [0.1, 0.15) is 11.5 Å². The fourth-order valence-electron chi connectivity index (χ4n) is 2.20. The van der Waals surface area contributed by atoms with Gasteiger partial charge in [-0.1, -0.05) is 36.4 Å². The Bertz CT molecular complexity index is 765. The Morgan fingerprint density at radius 2 is 1.79 bits per heavy atom. The standard InChI is InChI=1S/C18H16N4O2/c23-17(24)9-11-20-16-12-15(13-6-2-1-3-7-13)21-18(22-16)14-8-4-5-10-19-14/h1-8,10,12H,9,11H2,(H,23,24)(H,20,21,22). The maximum absolute atomic E-state index is 10.7. The maximum atomic E-state index is 10.7. The topological polar surface area (TPSA) is 88.0 Å². The van der Waals surface area contributed by atoms with E-state index in [1.54, 1.807) is 6.20 Å². The highest BCUT2D eigenvalue weighted by atomic mass is 16.4. The number of carbonyl (C=O) groups is 1. The van der Waals surface area contributed by atoms with Gasteiger partial charge < -0.3 is 10.4 Å². The molecule has 3 rings (SSSR count). The van der Waals surface area contributed by atoms with Gasteiger partial charge in [-0.25, -0.2) is 9.97 Å². The molecule has 24 heavy (non-hydrogen) atoms. The van der Waals surface area contributed by atoms with E-state index in [1.807, 2.05) is 54.6 Å². The predicted molar refractivity (Wildman–Crippen MR) is 91.4 cm³/mol. The van der Waals surface area contributed by atoms with Crippen LogP contribution in [0.4, 0.5) is 5.82 Å². The predicted octanol–water partition coefficient (Wildman–Crippen LogP) is 3.09. The first-order valence-corrected chi connectivity index (χ1v) is 7.54. The van der Waals surface area contributed by atoms with Gasteiger partial charge in [-0.2, -0.15) is 0 Å². The van der Waals surface area contributed by atoms with Crippen LogP contribution in [-0.4, -0.2) is 32.6 Å². The number of nitrogens with zero attached hydrogens (tertiary/aromatic N) is 3. The largest absolute Gasteiger partial charge is 0.481 e. The number of carboxylic acids is 1. The number of aromatic nitrogens is 3. The van der Waals surface area contributed by atoms with Crippen molar-refractivity contribution in [2.24, 2.45) is 0 Å². The third-order valence-corrected chi connectivity index (χ3v) is 3.33. The van der Waals surface area contributed by atoms with Gasteiger partial charge in [0.15, 0.2) is 5.82 Å². The first kappa shape index (κ1) is 15.6. The second-order valence-corrected chi connectivity index (χ2v) is 5.11. The van der Waals surface area contributed by atoms with Crippen molar-refractivity contribution in [2.75, 3.05) is 11.9 Å². The lowest BCUT2D eigenvalue weighted by Crippen LogP contribution is -2.09. The van der Waals surface area contributed by atoms with Crippen molar-refractivity contribution in [3.8, 4) is 22.8 Å². The summed E-state index contributed by atoms with van der Waals surface area (Å²) in [5.74, 6) is 0.213.